The lowest BCUT2D eigenvalue weighted by atomic mass is 10.1. The summed E-state index contributed by atoms with van der Waals surface area (Å²) >= 11 is 0. The molecule has 1 aromatic heterocycles. The van der Waals surface area contributed by atoms with E-state index in [1.807, 2.05) is 54.6 Å². The lowest BCUT2D eigenvalue weighted by Gasteiger charge is -2.16. The maximum absolute atomic E-state index is 6.12. The molecule has 0 amide bonds. The number of nitrogens with zero attached hydrogens (tertiary/aromatic N) is 2. The number of fused-ring (bicyclic) bond motifs is 2. The molecule has 5 rings (SSSR count). The largest absolute Gasteiger partial charge is 0.493 e. The Hall–Kier alpha value is -4.06. The molecular weight excluding hydrogens is 390 g/mol. The number of anilines is 2. The third kappa shape index (κ3) is 3.53. The van der Waals surface area contributed by atoms with E-state index in [2.05, 4.69) is 27.4 Å². The fraction of sp³-hybridized carbons (Fsp3) is 0.120. The minimum Gasteiger partial charge on any atom is -0.493 e. The highest BCUT2D eigenvalue weighted by atomic mass is 16.5. The first kappa shape index (κ1) is 18.9. The smallest absolute Gasteiger partial charge is 0.162 e. The molecule has 1 aliphatic rings. The summed E-state index contributed by atoms with van der Waals surface area (Å²) in [5.74, 6) is 3.61. The van der Waals surface area contributed by atoms with Gasteiger partial charge >= 0.3 is 0 Å². The van der Waals surface area contributed by atoms with Gasteiger partial charge in [-0.25, -0.2) is 9.97 Å². The molecule has 1 N–H and O–H groups in total. The van der Waals surface area contributed by atoms with Crippen LogP contribution in [0.4, 0.5) is 11.5 Å². The molecule has 4 aromatic rings. The third-order valence-corrected chi connectivity index (χ3v) is 5.29. The van der Waals surface area contributed by atoms with E-state index in [0.29, 0.717) is 17.3 Å². The average molecular weight is 411 g/mol. The number of methoxy groups -OCH3 is 2. The summed E-state index contributed by atoms with van der Waals surface area (Å²) in [6.45, 7) is 0. The van der Waals surface area contributed by atoms with E-state index in [9.17, 15) is 0 Å². The van der Waals surface area contributed by atoms with Gasteiger partial charge in [0.1, 0.15) is 23.6 Å². The van der Waals surface area contributed by atoms with Crippen molar-refractivity contribution in [3.63, 3.8) is 0 Å². The first-order chi connectivity index (χ1) is 15.3. The van der Waals surface area contributed by atoms with Crippen molar-refractivity contribution in [2.45, 2.75) is 6.42 Å². The zero-order valence-electron chi connectivity index (χ0n) is 17.3. The minimum absolute atomic E-state index is 0.631. The standard InChI is InChI=1S/C25H21N3O3/c1-29-23-13-19-21(14-24(23)30-2)26-15-27-25(19)28-20-11-12-22(18-10-6-9-17(18)20)31-16-7-4-3-5-8-16/h3-8,10-15H,9H2,1-2H3,(H,26,27,28). The maximum Gasteiger partial charge on any atom is 0.162 e. The van der Waals surface area contributed by atoms with Gasteiger partial charge in [-0.2, -0.15) is 0 Å². The number of nitrogens with one attached hydrogen (secondary N) is 1. The van der Waals surface area contributed by atoms with E-state index >= 15 is 0 Å². The topological polar surface area (TPSA) is 65.5 Å². The zero-order valence-corrected chi connectivity index (χ0v) is 17.3. The van der Waals surface area contributed by atoms with Crippen LogP contribution in [0.2, 0.25) is 0 Å². The summed E-state index contributed by atoms with van der Waals surface area (Å²) in [6.07, 6.45) is 6.61. The van der Waals surface area contributed by atoms with Crippen molar-refractivity contribution in [2.75, 3.05) is 19.5 Å². The van der Waals surface area contributed by atoms with Crippen molar-refractivity contribution in [1.29, 1.82) is 0 Å². The van der Waals surface area contributed by atoms with E-state index in [0.717, 1.165) is 40.1 Å². The molecule has 0 saturated carbocycles. The van der Waals surface area contributed by atoms with Crippen LogP contribution in [-0.4, -0.2) is 24.2 Å². The summed E-state index contributed by atoms with van der Waals surface area (Å²) in [5.41, 5.74) is 4.00. The molecule has 6 nitrogen and oxygen atoms in total. The van der Waals surface area contributed by atoms with Gasteiger partial charge in [0.05, 0.1) is 19.7 Å². The van der Waals surface area contributed by atoms with Crippen molar-refractivity contribution in [3.05, 3.63) is 78.1 Å². The van der Waals surface area contributed by atoms with Crippen LogP contribution in [0.1, 0.15) is 11.1 Å². The van der Waals surface area contributed by atoms with Crippen LogP contribution >= 0.6 is 0 Å². The Morgan fingerprint density at radius 1 is 0.871 bits per heavy atom. The molecule has 0 bridgehead atoms. The minimum atomic E-state index is 0.631. The number of benzene rings is 3. The molecule has 0 atom stereocenters. The number of hydrogen-bond acceptors (Lipinski definition) is 6. The normalized spacial score (nSPS) is 11.9. The van der Waals surface area contributed by atoms with E-state index in [1.165, 1.54) is 5.56 Å². The summed E-state index contributed by atoms with van der Waals surface area (Å²) < 4.78 is 17.0. The summed E-state index contributed by atoms with van der Waals surface area (Å²) in [6, 6.07) is 17.6. The van der Waals surface area contributed by atoms with Gasteiger partial charge in [-0.05, 0) is 42.3 Å². The van der Waals surface area contributed by atoms with Crippen molar-refractivity contribution in [2.24, 2.45) is 0 Å². The fourth-order valence-corrected chi connectivity index (χ4v) is 3.77. The highest BCUT2D eigenvalue weighted by molar-refractivity contribution is 5.93. The number of aromatic nitrogens is 2. The van der Waals surface area contributed by atoms with E-state index < -0.39 is 0 Å². The molecule has 0 unspecified atom stereocenters. The molecule has 154 valence electrons. The molecule has 0 aliphatic heterocycles. The number of ether oxygens (including phenoxy) is 3. The van der Waals surface area contributed by atoms with Crippen molar-refractivity contribution < 1.29 is 14.2 Å². The Morgan fingerprint density at radius 2 is 1.68 bits per heavy atom. The molecule has 3 aromatic carbocycles. The zero-order chi connectivity index (χ0) is 21.2. The average Bonchev–Trinajstić information content (AvgIpc) is 3.31. The Kier molecular flexibility index (Phi) is 4.88. The second-order valence-electron chi connectivity index (χ2n) is 7.10. The van der Waals surface area contributed by atoms with Gasteiger partial charge in [0.2, 0.25) is 0 Å². The van der Waals surface area contributed by atoms with Gasteiger partial charge in [0.15, 0.2) is 11.5 Å². The molecule has 0 fully saturated rings. The van der Waals surface area contributed by atoms with Crippen molar-refractivity contribution in [3.8, 4) is 23.0 Å². The molecular formula is C25H21N3O3. The van der Waals surface area contributed by atoms with Crippen LogP contribution in [0.15, 0.2) is 67.0 Å². The Balaban J connectivity index is 1.52. The first-order valence-electron chi connectivity index (χ1n) is 9.96. The second-order valence-corrected chi connectivity index (χ2v) is 7.10. The predicted molar refractivity (Wildman–Crippen MR) is 122 cm³/mol. The molecule has 6 heteroatoms. The number of rotatable bonds is 6. The van der Waals surface area contributed by atoms with Crippen LogP contribution in [-0.2, 0) is 6.42 Å². The van der Waals surface area contributed by atoms with Gasteiger partial charge in [-0.3, -0.25) is 0 Å². The van der Waals surface area contributed by atoms with Gasteiger partial charge in [-0.1, -0.05) is 30.4 Å². The van der Waals surface area contributed by atoms with E-state index in [-0.39, 0.29) is 0 Å². The van der Waals surface area contributed by atoms with Crippen LogP contribution in [0.25, 0.3) is 17.0 Å². The first-order valence-corrected chi connectivity index (χ1v) is 9.96. The Morgan fingerprint density at radius 3 is 2.48 bits per heavy atom. The third-order valence-electron chi connectivity index (χ3n) is 5.29. The monoisotopic (exact) mass is 411 g/mol. The lowest BCUT2D eigenvalue weighted by Crippen LogP contribution is -2.01. The van der Waals surface area contributed by atoms with Gasteiger partial charge in [-0.15, -0.1) is 0 Å². The quantitative estimate of drug-likeness (QED) is 0.436. The summed E-state index contributed by atoms with van der Waals surface area (Å²) in [7, 11) is 3.23. The lowest BCUT2D eigenvalue weighted by molar-refractivity contribution is 0.356. The van der Waals surface area contributed by atoms with Crippen LogP contribution in [0.3, 0.4) is 0 Å². The van der Waals surface area contributed by atoms with E-state index in [4.69, 9.17) is 14.2 Å². The van der Waals surface area contributed by atoms with Gasteiger partial charge in [0.25, 0.3) is 0 Å². The number of para-hydroxylation sites is 1. The molecule has 0 radical (unpaired) electrons. The highest BCUT2D eigenvalue weighted by Crippen LogP contribution is 2.39. The van der Waals surface area contributed by atoms with Crippen LogP contribution in [0.5, 0.6) is 23.0 Å². The Labute approximate surface area is 180 Å². The Bertz CT molecular complexity index is 1290. The summed E-state index contributed by atoms with van der Waals surface area (Å²) in [5, 5.41) is 4.34. The molecule has 1 aliphatic carbocycles. The van der Waals surface area contributed by atoms with E-state index in [1.54, 1.807) is 20.5 Å². The predicted octanol–water partition coefficient (Wildman–Crippen LogP) is 5.75. The molecule has 0 spiro atoms. The molecule has 0 saturated heterocycles. The number of allylic oxidation sites excluding steroid dienone is 1. The molecule has 31 heavy (non-hydrogen) atoms. The molecule has 1 heterocycles. The maximum atomic E-state index is 6.12. The van der Waals surface area contributed by atoms with Crippen molar-refractivity contribution in [1.82, 2.24) is 9.97 Å². The second kappa shape index (κ2) is 7.99. The van der Waals surface area contributed by atoms with Crippen LogP contribution < -0.4 is 19.5 Å². The van der Waals surface area contributed by atoms with Crippen LogP contribution in [0, 0.1) is 0 Å². The van der Waals surface area contributed by atoms with Gasteiger partial charge in [0, 0.05) is 22.7 Å². The fourth-order valence-electron chi connectivity index (χ4n) is 3.77. The van der Waals surface area contributed by atoms with Gasteiger partial charge < -0.3 is 19.5 Å². The highest BCUT2D eigenvalue weighted by Gasteiger charge is 2.18. The summed E-state index contributed by atoms with van der Waals surface area (Å²) in [4.78, 5) is 8.86. The number of hydrogen-bond donors (Lipinski definition) is 1. The van der Waals surface area contributed by atoms with Crippen molar-refractivity contribution >= 4 is 28.5 Å². The SMILES string of the molecule is COc1cc2ncnc(Nc3ccc(Oc4ccccc4)c4c3CC=C4)c2cc1OC.